The summed E-state index contributed by atoms with van der Waals surface area (Å²) in [5.74, 6) is 0.0774. The fourth-order valence-electron chi connectivity index (χ4n) is 3.86. The predicted molar refractivity (Wildman–Crippen MR) is 88.3 cm³/mol. The molecule has 4 rings (SSSR count). The minimum atomic E-state index is -0.218. The van der Waals surface area contributed by atoms with Crippen molar-refractivity contribution in [1.82, 2.24) is 9.47 Å². The molecule has 1 amide bonds. The summed E-state index contributed by atoms with van der Waals surface area (Å²) in [7, 11) is 0. The highest BCUT2D eigenvalue weighted by Gasteiger charge is 2.60. The lowest BCUT2D eigenvalue weighted by atomic mass is 10.1. The second kappa shape index (κ2) is 5.92. The Labute approximate surface area is 141 Å². The Balaban J connectivity index is 1.81. The van der Waals surface area contributed by atoms with Gasteiger partial charge in [0.2, 0.25) is 5.43 Å². The molecule has 0 aromatic carbocycles. The molecule has 2 aliphatic heterocycles. The highest BCUT2D eigenvalue weighted by molar-refractivity contribution is 5.96. The number of rotatable bonds is 4. The van der Waals surface area contributed by atoms with Crippen LogP contribution in [-0.2, 0) is 10.3 Å². The molecule has 0 N–H and O–H groups in total. The van der Waals surface area contributed by atoms with Crippen molar-refractivity contribution in [2.75, 3.05) is 19.8 Å². The van der Waals surface area contributed by atoms with Crippen molar-refractivity contribution in [1.29, 1.82) is 0 Å². The zero-order valence-corrected chi connectivity index (χ0v) is 14.1. The molecule has 1 unspecified atom stereocenters. The van der Waals surface area contributed by atoms with E-state index in [0.717, 1.165) is 38.5 Å². The first-order valence-corrected chi connectivity index (χ1v) is 9.00. The summed E-state index contributed by atoms with van der Waals surface area (Å²) >= 11 is 0. The van der Waals surface area contributed by atoms with Crippen LogP contribution in [0.3, 0.4) is 0 Å². The van der Waals surface area contributed by atoms with Crippen LogP contribution in [0.1, 0.15) is 55.9 Å². The third-order valence-corrected chi connectivity index (χ3v) is 5.32. The largest absolute Gasteiger partial charge is 0.487 e. The van der Waals surface area contributed by atoms with Crippen LogP contribution in [0, 0.1) is 0 Å². The van der Waals surface area contributed by atoms with E-state index in [-0.39, 0.29) is 28.9 Å². The predicted octanol–water partition coefficient (Wildman–Crippen LogP) is 2.11. The molecular formula is C18H24N2O4. The van der Waals surface area contributed by atoms with Gasteiger partial charge in [0.05, 0.1) is 12.1 Å². The fraction of sp³-hybridized carbons (Fsp3) is 0.667. The van der Waals surface area contributed by atoms with E-state index >= 15 is 0 Å². The number of hydrogen-bond donors (Lipinski definition) is 0. The maximum Gasteiger partial charge on any atom is 0.276 e. The highest BCUT2D eigenvalue weighted by atomic mass is 16.5. The minimum absolute atomic E-state index is 0.136. The number of aromatic nitrogens is 1. The molecule has 1 aromatic heterocycles. The van der Waals surface area contributed by atoms with Crippen LogP contribution >= 0.6 is 0 Å². The van der Waals surface area contributed by atoms with Crippen molar-refractivity contribution in [3.63, 3.8) is 0 Å². The summed E-state index contributed by atoms with van der Waals surface area (Å²) in [5, 5.41) is 0. The lowest BCUT2D eigenvalue weighted by Gasteiger charge is -2.42. The summed E-state index contributed by atoms with van der Waals surface area (Å²) in [4.78, 5) is 27.3. The maximum absolute atomic E-state index is 13.1. The number of nitrogens with zero attached hydrogens (tertiary/aromatic N) is 2. The maximum atomic E-state index is 13.1. The third kappa shape index (κ3) is 2.27. The SMILES string of the molecule is CCCCOc1c2n(ccc1=O)C1(CC1)C1OCCCCN1C2=O. The van der Waals surface area contributed by atoms with Gasteiger partial charge in [-0.2, -0.15) is 0 Å². The fourth-order valence-corrected chi connectivity index (χ4v) is 3.86. The first-order chi connectivity index (χ1) is 11.7. The van der Waals surface area contributed by atoms with E-state index in [1.165, 1.54) is 6.07 Å². The summed E-state index contributed by atoms with van der Waals surface area (Å²) in [6.07, 6.45) is 7.20. The topological polar surface area (TPSA) is 60.8 Å². The number of hydrogen-bond acceptors (Lipinski definition) is 4. The molecule has 1 atom stereocenters. The monoisotopic (exact) mass is 332 g/mol. The number of carbonyl (C=O) groups excluding carboxylic acids is 1. The van der Waals surface area contributed by atoms with Crippen molar-refractivity contribution in [3.8, 4) is 5.75 Å². The lowest BCUT2D eigenvalue weighted by Crippen LogP contribution is -2.56. The molecule has 0 bridgehead atoms. The van der Waals surface area contributed by atoms with E-state index in [0.29, 0.717) is 25.5 Å². The van der Waals surface area contributed by atoms with Gasteiger partial charge in [-0.1, -0.05) is 13.3 Å². The van der Waals surface area contributed by atoms with Crippen LogP contribution < -0.4 is 10.2 Å². The van der Waals surface area contributed by atoms with Crippen LogP contribution in [0.5, 0.6) is 5.75 Å². The van der Waals surface area contributed by atoms with E-state index in [9.17, 15) is 9.59 Å². The van der Waals surface area contributed by atoms with E-state index in [1.54, 1.807) is 6.20 Å². The Morgan fingerprint density at radius 3 is 2.92 bits per heavy atom. The van der Waals surface area contributed by atoms with Crippen LogP contribution in [-0.4, -0.2) is 41.4 Å². The summed E-state index contributed by atoms with van der Waals surface area (Å²) in [5.41, 5.74) is -0.0157. The molecule has 6 nitrogen and oxygen atoms in total. The second-order valence-electron chi connectivity index (χ2n) is 6.96. The first kappa shape index (κ1) is 15.7. The molecule has 1 spiro atoms. The average molecular weight is 332 g/mol. The molecule has 3 heterocycles. The number of unbranched alkanes of at least 4 members (excludes halogenated alkanes) is 1. The number of carbonyl (C=O) groups is 1. The quantitative estimate of drug-likeness (QED) is 0.792. The summed E-state index contributed by atoms with van der Waals surface area (Å²) in [6, 6.07) is 1.52. The molecule has 1 aromatic rings. The van der Waals surface area contributed by atoms with Crippen molar-refractivity contribution in [2.24, 2.45) is 0 Å². The lowest BCUT2D eigenvalue weighted by molar-refractivity contribution is -0.0803. The minimum Gasteiger partial charge on any atom is -0.487 e. The van der Waals surface area contributed by atoms with Crippen molar-refractivity contribution < 1.29 is 14.3 Å². The molecule has 0 radical (unpaired) electrons. The Bertz CT molecular complexity index is 707. The third-order valence-electron chi connectivity index (χ3n) is 5.32. The molecule has 24 heavy (non-hydrogen) atoms. The van der Waals surface area contributed by atoms with Crippen LogP contribution in [0.15, 0.2) is 17.1 Å². The van der Waals surface area contributed by atoms with Crippen LogP contribution in [0.2, 0.25) is 0 Å². The van der Waals surface area contributed by atoms with Gasteiger partial charge in [0, 0.05) is 25.4 Å². The zero-order valence-electron chi connectivity index (χ0n) is 14.1. The van der Waals surface area contributed by atoms with Gasteiger partial charge in [-0.05, 0) is 32.1 Å². The molecule has 1 aliphatic carbocycles. The molecular weight excluding hydrogens is 308 g/mol. The Morgan fingerprint density at radius 1 is 1.33 bits per heavy atom. The normalized spacial score (nSPS) is 24.3. The number of amides is 1. The van der Waals surface area contributed by atoms with Gasteiger partial charge < -0.3 is 18.9 Å². The molecule has 2 fully saturated rings. The zero-order chi connectivity index (χ0) is 16.7. The highest BCUT2D eigenvalue weighted by Crippen LogP contribution is 2.53. The van der Waals surface area contributed by atoms with E-state index in [2.05, 4.69) is 6.92 Å². The summed E-state index contributed by atoms with van der Waals surface area (Å²) in [6.45, 7) is 3.90. The number of pyridine rings is 1. The summed E-state index contributed by atoms with van der Waals surface area (Å²) < 4.78 is 13.8. The Hall–Kier alpha value is -1.82. The number of fused-ring (bicyclic) bond motifs is 4. The van der Waals surface area contributed by atoms with Crippen LogP contribution in [0.4, 0.5) is 0 Å². The van der Waals surface area contributed by atoms with Gasteiger partial charge in [-0.3, -0.25) is 9.59 Å². The van der Waals surface area contributed by atoms with E-state index in [1.807, 2.05) is 9.47 Å². The first-order valence-electron chi connectivity index (χ1n) is 9.00. The Morgan fingerprint density at radius 2 is 2.17 bits per heavy atom. The molecule has 1 saturated heterocycles. The van der Waals surface area contributed by atoms with Crippen molar-refractivity contribution in [3.05, 3.63) is 28.2 Å². The van der Waals surface area contributed by atoms with Gasteiger partial charge in [0.15, 0.2) is 17.7 Å². The van der Waals surface area contributed by atoms with E-state index < -0.39 is 0 Å². The second-order valence-corrected chi connectivity index (χ2v) is 6.96. The molecule has 130 valence electrons. The van der Waals surface area contributed by atoms with Gasteiger partial charge >= 0.3 is 0 Å². The van der Waals surface area contributed by atoms with Crippen LogP contribution in [0.25, 0.3) is 0 Å². The standard InChI is InChI=1S/C18H24N2O4/c1-2-3-11-23-15-13(21)6-10-20-14(15)16(22)19-9-4-5-12-24-17(19)18(20)7-8-18/h6,10,17H,2-5,7-9,11-12H2,1H3. The Kier molecular flexibility index (Phi) is 3.87. The van der Waals surface area contributed by atoms with Gasteiger partial charge in [-0.15, -0.1) is 0 Å². The van der Waals surface area contributed by atoms with E-state index in [4.69, 9.17) is 9.47 Å². The molecule has 3 aliphatic rings. The molecule has 1 saturated carbocycles. The van der Waals surface area contributed by atoms with Gasteiger partial charge in [0.1, 0.15) is 0 Å². The van der Waals surface area contributed by atoms with Crippen molar-refractivity contribution in [2.45, 2.75) is 57.2 Å². The van der Waals surface area contributed by atoms with Crippen molar-refractivity contribution >= 4 is 5.91 Å². The van der Waals surface area contributed by atoms with Gasteiger partial charge in [0.25, 0.3) is 5.91 Å². The van der Waals surface area contributed by atoms with Gasteiger partial charge in [-0.25, -0.2) is 0 Å². The number of ether oxygens (including phenoxy) is 2. The smallest absolute Gasteiger partial charge is 0.276 e. The molecule has 6 heteroatoms. The average Bonchev–Trinajstić information content (AvgIpc) is 3.38.